The van der Waals surface area contributed by atoms with Gasteiger partial charge in [-0.1, -0.05) is 19.9 Å². The van der Waals surface area contributed by atoms with Crippen molar-refractivity contribution in [2.24, 2.45) is 11.8 Å². The fraction of sp³-hybridized carbons (Fsp3) is 0.579. The van der Waals surface area contributed by atoms with Crippen LogP contribution in [0.1, 0.15) is 39.5 Å². The van der Waals surface area contributed by atoms with Crippen molar-refractivity contribution < 1.29 is 24.9 Å². The predicted octanol–water partition coefficient (Wildman–Crippen LogP) is 1.18. The van der Waals surface area contributed by atoms with E-state index in [2.05, 4.69) is 23.7 Å². The average molecular weight is 351 g/mol. The van der Waals surface area contributed by atoms with E-state index in [1.807, 2.05) is 0 Å². The Labute approximate surface area is 150 Å². The molecule has 0 aliphatic carbocycles. The topological polar surface area (TPSA) is 107 Å². The molecule has 0 saturated heterocycles. The molecular weight excluding hydrogens is 322 g/mol. The average Bonchev–Trinajstić information content (AvgIpc) is 2.60. The molecule has 0 radical (unpaired) electrons. The number of hydrogen-bond donors (Lipinski definition) is 4. The van der Waals surface area contributed by atoms with Gasteiger partial charge in [-0.05, 0) is 24.7 Å². The molecule has 0 saturated carbocycles. The van der Waals surface area contributed by atoms with Crippen molar-refractivity contribution in [2.45, 2.75) is 51.7 Å². The van der Waals surface area contributed by atoms with E-state index < -0.39 is 18.2 Å². The second-order valence-corrected chi connectivity index (χ2v) is 5.70. The van der Waals surface area contributed by atoms with Crippen LogP contribution in [0.4, 0.5) is 0 Å². The van der Waals surface area contributed by atoms with Gasteiger partial charge in [0, 0.05) is 19.4 Å². The lowest BCUT2D eigenvalue weighted by atomic mass is 9.98. The van der Waals surface area contributed by atoms with Crippen LogP contribution in [-0.4, -0.2) is 45.9 Å². The van der Waals surface area contributed by atoms with Gasteiger partial charge in [0.1, 0.15) is 6.10 Å². The third-order valence-electron chi connectivity index (χ3n) is 3.51. The van der Waals surface area contributed by atoms with Gasteiger partial charge in [-0.25, -0.2) is 4.79 Å². The molecule has 0 bridgehead atoms. The van der Waals surface area contributed by atoms with Crippen LogP contribution in [0.3, 0.4) is 0 Å². The quantitative estimate of drug-likeness (QED) is 0.349. The number of nitrogens with one attached hydrogen (secondary N) is 1. The van der Waals surface area contributed by atoms with E-state index in [0.717, 1.165) is 0 Å². The van der Waals surface area contributed by atoms with Crippen LogP contribution >= 0.6 is 0 Å². The summed E-state index contributed by atoms with van der Waals surface area (Å²) in [6.45, 7) is 7.30. The molecule has 4 N–H and O–H groups in total. The zero-order valence-electron chi connectivity index (χ0n) is 14.9. The van der Waals surface area contributed by atoms with Crippen LogP contribution in [0.5, 0.6) is 0 Å². The summed E-state index contributed by atoms with van der Waals surface area (Å²) in [7, 11) is 0. The second kappa shape index (κ2) is 15.3. The van der Waals surface area contributed by atoms with Gasteiger partial charge in [0.15, 0.2) is 6.10 Å². The van der Waals surface area contributed by atoms with Crippen molar-refractivity contribution >= 4 is 11.9 Å². The molecule has 2 unspecified atom stereocenters. The third kappa shape index (κ3) is 12.8. The van der Waals surface area contributed by atoms with E-state index in [1.54, 1.807) is 19.9 Å². The Morgan fingerprint density at radius 2 is 1.52 bits per heavy atom. The van der Waals surface area contributed by atoms with Gasteiger partial charge in [-0.3, -0.25) is 4.79 Å². The Bertz CT molecular complexity index is 489. The predicted molar refractivity (Wildman–Crippen MR) is 97.3 cm³/mol. The molecule has 0 aliphatic rings. The van der Waals surface area contributed by atoms with Gasteiger partial charge < -0.3 is 20.6 Å². The Hall–Kier alpha value is -2.28. The third-order valence-corrected chi connectivity index (χ3v) is 3.51. The van der Waals surface area contributed by atoms with Crippen molar-refractivity contribution in [1.29, 1.82) is 0 Å². The number of hydrogen-bond acceptors (Lipinski definition) is 4. The molecule has 140 valence electrons. The monoisotopic (exact) mass is 351 g/mol. The lowest BCUT2D eigenvalue weighted by molar-refractivity contribution is -0.149. The van der Waals surface area contributed by atoms with Crippen molar-refractivity contribution in [3.63, 3.8) is 0 Å². The minimum Gasteiger partial charge on any atom is -0.479 e. The van der Waals surface area contributed by atoms with E-state index in [0.29, 0.717) is 32.2 Å². The fourth-order valence-electron chi connectivity index (χ4n) is 1.72. The molecule has 0 spiro atoms. The minimum atomic E-state index is -1.29. The maximum atomic E-state index is 11.2. The minimum absolute atomic E-state index is 0.115. The number of aliphatic hydroxyl groups excluding tert-OH is 2. The zero-order chi connectivity index (χ0) is 19.8. The first kappa shape index (κ1) is 25.0. The van der Waals surface area contributed by atoms with Gasteiger partial charge in [-0.2, -0.15) is 0 Å². The van der Waals surface area contributed by atoms with Gasteiger partial charge in [0.05, 0.1) is 0 Å². The van der Waals surface area contributed by atoms with E-state index in [9.17, 15) is 14.7 Å². The van der Waals surface area contributed by atoms with Crippen LogP contribution in [0.2, 0.25) is 0 Å². The zero-order valence-corrected chi connectivity index (χ0v) is 14.9. The molecule has 6 nitrogen and oxygen atoms in total. The SMILES string of the molecule is C#CCCC(C)C(O)C(=O)NCC=C.C#CCC[C@H](C)[C@@H](O)C(=O)O. The first-order valence-corrected chi connectivity index (χ1v) is 8.07. The number of aliphatic hydroxyl groups is 2. The Morgan fingerprint density at radius 3 is 1.88 bits per heavy atom. The molecule has 0 aromatic rings. The first-order valence-electron chi connectivity index (χ1n) is 8.07. The molecular formula is C19H29NO5. The lowest BCUT2D eigenvalue weighted by Crippen LogP contribution is -2.38. The summed E-state index contributed by atoms with van der Waals surface area (Å²) in [5.74, 6) is 2.92. The number of terminal acetylenes is 2. The van der Waals surface area contributed by atoms with Crippen molar-refractivity contribution in [3.8, 4) is 24.7 Å². The molecule has 0 fully saturated rings. The van der Waals surface area contributed by atoms with Gasteiger partial charge in [0.25, 0.3) is 0 Å². The van der Waals surface area contributed by atoms with Gasteiger partial charge >= 0.3 is 5.97 Å². The van der Waals surface area contributed by atoms with E-state index in [4.69, 9.17) is 23.1 Å². The molecule has 6 heteroatoms. The lowest BCUT2D eigenvalue weighted by Gasteiger charge is -2.16. The highest BCUT2D eigenvalue weighted by atomic mass is 16.4. The maximum Gasteiger partial charge on any atom is 0.332 e. The summed E-state index contributed by atoms with van der Waals surface area (Å²) in [6.07, 6.45) is 11.6. The number of carboxylic acid groups (broad SMARTS) is 1. The molecule has 0 rings (SSSR count). The highest BCUT2D eigenvalue weighted by Crippen LogP contribution is 2.10. The molecule has 0 aromatic carbocycles. The van der Waals surface area contributed by atoms with Crippen molar-refractivity contribution in [2.75, 3.05) is 6.54 Å². The fourth-order valence-corrected chi connectivity index (χ4v) is 1.72. The van der Waals surface area contributed by atoms with Crippen molar-refractivity contribution in [1.82, 2.24) is 5.32 Å². The van der Waals surface area contributed by atoms with Crippen LogP contribution in [-0.2, 0) is 9.59 Å². The molecule has 0 heterocycles. The summed E-state index contributed by atoms with van der Waals surface area (Å²) in [6, 6.07) is 0. The second-order valence-electron chi connectivity index (χ2n) is 5.70. The Morgan fingerprint density at radius 1 is 1.08 bits per heavy atom. The van der Waals surface area contributed by atoms with Crippen molar-refractivity contribution in [3.05, 3.63) is 12.7 Å². The largest absolute Gasteiger partial charge is 0.479 e. The highest BCUT2D eigenvalue weighted by Gasteiger charge is 2.21. The highest BCUT2D eigenvalue weighted by molar-refractivity contribution is 5.80. The number of aliphatic carboxylic acids is 1. The molecule has 25 heavy (non-hydrogen) atoms. The molecule has 0 aliphatic heterocycles. The summed E-state index contributed by atoms with van der Waals surface area (Å²) in [5.41, 5.74) is 0. The Balaban J connectivity index is 0. The number of amides is 1. The summed E-state index contributed by atoms with van der Waals surface area (Å²) in [4.78, 5) is 21.4. The number of carbonyl (C=O) groups is 2. The Kier molecular flexibility index (Phi) is 15.2. The van der Waals surface area contributed by atoms with Crippen LogP contribution in [0.25, 0.3) is 0 Å². The first-order chi connectivity index (χ1) is 11.7. The molecule has 1 amide bonds. The summed E-state index contributed by atoms with van der Waals surface area (Å²) < 4.78 is 0. The van der Waals surface area contributed by atoms with Gasteiger partial charge in [-0.15, -0.1) is 31.3 Å². The number of carbonyl (C=O) groups excluding carboxylic acids is 1. The summed E-state index contributed by atoms with van der Waals surface area (Å²) >= 11 is 0. The normalized spacial score (nSPS) is 14.3. The van der Waals surface area contributed by atoms with Crippen LogP contribution in [0, 0.1) is 36.5 Å². The van der Waals surface area contributed by atoms with E-state index >= 15 is 0 Å². The standard InChI is InChI=1S/C11H17NO2.C8H12O3/c1-4-6-7-9(3)10(13)11(14)12-8-5-2;1-3-4-5-6(2)7(9)8(10)11/h1,5,9-10,13H,2,6-8H2,3H3,(H,12,14);1,6-7,9H,4-5H2,2H3,(H,10,11)/t;6-,7+/m.0/s1. The number of rotatable bonds is 10. The van der Waals surface area contributed by atoms with E-state index in [1.165, 1.54) is 0 Å². The van der Waals surface area contributed by atoms with Crippen LogP contribution in [0.15, 0.2) is 12.7 Å². The smallest absolute Gasteiger partial charge is 0.332 e. The van der Waals surface area contributed by atoms with Crippen LogP contribution < -0.4 is 5.32 Å². The maximum absolute atomic E-state index is 11.2. The van der Waals surface area contributed by atoms with E-state index in [-0.39, 0.29) is 17.7 Å². The van der Waals surface area contributed by atoms with Gasteiger partial charge in [0.2, 0.25) is 5.91 Å². The number of carboxylic acids is 1. The molecule has 4 atom stereocenters. The summed E-state index contributed by atoms with van der Waals surface area (Å²) in [5, 5.41) is 29.4. The molecule has 0 aromatic heterocycles.